The molecule has 0 N–H and O–H groups in total. The lowest BCUT2D eigenvalue weighted by Crippen LogP contribution is -2.43. The van der Waals surface area contributed by atoms with Crippen LogP contribution in [0.3, 0.4) is 0 Å². The number of anilines is 1. The van der Waals surface area contributed by atoms with E-state index in [1.165, 1.54) is 0 Å². The molecule has 0 fully saturated rings. The van der Waals surface area contributed by atoms with Crippen LogP contribution in [0.2, 0.25) is 0 Å². The highest BCUT2D eigenvalue weighted by atomic mass is 16.6. The summed E-state index contributed by atoms with van der Waals surface area (Å²) in [7, 11) is 0. The Hall–Kier alpha value is -2.49. The molecule has 4 heteroatoms. The molecule has 2 aromatic carbocycles. The van der Waals surface area contributed by atoms with Gasteiger partial charge in [0.15, 0.2) is 0 Å². The van der Waals surface area contributed by atoms with E-state index in [2.05, 4.69) is 0 Å². The van der Waals surface area contributed by atoms with Gasteiger partial charge in [-0.1, -0.05) is 30.3 Å². The Morgan fingerprint density at radius 1 is 1.15 bits per heavy atom. The Morgan fingerprint density at radius 3 is 2.65 bits per heavy atom. The second-order valence-electron chi connectivity index (χ2n) is 4.69. The second kappa shape index (κ2) is 5.25. The summed E-state index contributed by atoms with van der Waals surface area (Å²) in [6.45, 7) is 2.40. The third-order valence-electron chi connectivity index (χ3n) is 3.09. The first-order valence-corrected chi connectivity index (χ1v) is 6.54. The zero-order valence-electron chi connectivity index (χ0n) is 11.2. The van der Waals surface area contributed by atoms with Gasteiger partial charge in [-0.05, 0) is 31.2 Å². The van der Waals surface area contributed by atoms with Gasteiger partial charge >= 0.3 is 6.09 Å². The molecule has 0 radical (unpaired) electrons. The summed E-state index contributed by atoms with van der Waals surface area (Å²) < 4.78 is 11.1. The fourth-order valence-electron chi connectivity index (χ4n) is 2.21. The van der Waals surface area contributed by atoms with Crippen LogP contribution in [0.25, 0.3) is 0 Å². The van der Waals surface area contributed by atoms with Gasteiger partial charge < -0.3 is 9.47 Å². The number of ether oxygens (including phenoxy) is 2. The Kier molecular flexibility index (Phi) is 3.29. The highest BCUT2D eigenvalue weighted by Gasteiger charge is 2.28. The maximum absolute atomic E-state index is 12.3. The van der Waals surface area contributed by atoms with Crippen LogP contribution in [0.15, 0.2) is 54.6 Å². The number of amides is 1. The van der Waals surface area contributed by atoms with Gasteiger partial charge in [0.1, 0.15) is 17.6 Å². The molecule has 20 heavy (non-hydrogen) atoms. The third kappa shape index (κ3) is 2.45. The van der Waals surface area contributed by atoms with Crippen LogP contribution in [0.4, 0.5) is 10.5 Å². The molecule has 1 unspecified atom stereocenters. The topological polar surface area (TPSA) is 38.8 Å². The Morgan fingerprint density at radius 2 is 1.85 bits per heavy atom. The Bertz CT molecular complexity index is 612. The zero-order chi connectivity index (χ0) is 13.9. The van der Waals surface area contributed by atoms with E-state index in [1.54, 1.807) is 17.0 Å². The van der Waals surface area contributed by atoms with E-state index in [-0.39, 0.29) is 12.2 Å². The average molecular weight is 269 g/mol. The molecule has 1 atom stereocenters. The number of para-hydroxylation sites is 3. The molecule has 1 heterocycles. The lowest BCUT2D eigenvalue weighted by Gasteiger charge is -2.32. The molecule has 102 valence electrons. The summed E-state index contributed by atoms with van der Waals surface area (Å²) in [4.78, 5) is 13.9. The average Bonchev–Trinajstić information content (AvgIpc) is 2.47. The van der Waals surface area contributed by atoms with E-state index in [0.717, 1.165) is 5.69 Å². The lowest BCUT2D eigenvalue weighted by molar-refractivity contribution is 0.185. The molecule has 1 amide bonds. The molecule has 0 saturated carbocycles. The number of carbonyl (C=O) groups is 1. The molecular formula is C16H15NO3. The number of rotatable bonds is 1. The fraction of sp³-hybridized carbons (Fsp3) is 0.188. The largest absolute Gasteiger partial charge is 0.487 e. The number of benzene rings is 2. The van der Waals surface area contributed by atoms with Crippen LogP contribution in [-0.4, -0.2) is 18.7 Å². The lowest BCUT2D eigenvalue weighted by atomic mass is 10.2. The molecule has 0 saturated heterocycles. The van der Waals surface area contributed by atoms with Crippen molar-refractivity contribution in [1.82, 2.24) is 0 Å². The summed E-state index contributed by atoms with van der Waals surface area (Å²) in [6, 6.07) is 16.5. The van der Waals surface area contributed by atoms with Crippen molar-refractivity contribution < 1.29 is 14.3 Å². The summed E-state index contributed by atoms with van der Waals surface area (Å²) in [5, 5.41) is 0. The molecule has 3 rings (SSSR count). The van der Waals surface area contributed by atoms with Gasteiger partial charge in [-0.2, -0.15) is 0 Å². The Balaban J connectivity index is 1.85. The first-order chi connectivity index (χ1) is 9.74. The molecule has 0 aromatic heterocycles. The van der Waals surface area contributed by atoms with E-state index in [4.69, 9.17) is 9.47 Å². The van der Waals surface area contributed by atoms with Crippen molar-refractivity contribution in [2.24, 2.45) is 0 Å². The van der Waals surface area contributed by atoms with Crippen LogP contribution in [-0.2, 0) is 0 Å². The maximum atomic E-state index is 12.3. The monoisotopic (exact) mass is 269 g/mol. The minimum absolute atomic E-state index is 0.0618. The summed E-state index contributed by atoms with van der Waals surface area (Å²) in [5.74, 6) is 1.24. The van der Waals surface area contributed by atoms with E-state index in [0.29, 0.717) is 18.0 Å². The van der Waals surface area contributed by atoms with E-state index < -0.39 is 0 Å². The normalized spacial score (nSPS) is 17.1. The predicted octanol–water partition coefficient (Wildman–Crippen LogP) is 3.47. The molecule has 0 bridgehead atoms. The second-order valence-corrected chi connectivity index (χ2v) is 4.69. The number of nitrogens with zero attached hydrogens (tertiary/aromatic N) is 1. The van der Waals surface area contributed by atoms with Gasteiger partial charge in [-0.15, -0.1) is 0 Å². The summed E-state index contributed by atoms with van der Waals surface area (Å²) in [6.07, 6.45) is -0.452. The van der Waals surface area contributed by atoms with Gasteiger partial charge in [0.25, 0.3) is 0 Å². The fourth-order valence-corrected chi connectivity index (χ4v) is 2.21. The van der Waals surface area contributed by atoms with Crippen LogP contribution >= 0.6 is 0 Å². The molecule has 1 aliphatic rings. The summed E-state index contributed by atoms with van der Waals surface area (Å²) >= 11 is 0. The van der Waals surface area contributed by atoms with Crippen molar-refractivity contribution in [2.45, 2.75) is 13.0 Å². The van der Waals surface area contributed by atoms with E-state index in [9.17, 15) is 4.79 Å². The van der Waals surface area contributed by atoms with Gasteiger partial charge in [0.05, 0.1) is 12.2 Å². The van der Waals surface area contributed by atoms with Crippen LogP contribution in [0, 0.1) is 0 Å². The van der Waals surface area contributed by atoms with Crippen molar-refractivity contribution in [3.05, 3.63) is 54.6 Å². The van der Waals surface area contributed by atoms with Crippen molar-refractivity contribution in [3.63, 3.8) is 0 Å². The van der Waals surface area contributed by atoms with Crippen LogP contribution < -0.4 is 14.4 Å². The van der Waals surface area contributed by atoms with Gasteiger partial charge in [0.2, 0.25) is 0 Å². The quantitative estimate of drug-likeness (QED) is 0.795. The van der Waals surface area contributed by atoms with Gasteiger partial charge in [-0.25, -0.2) is 4.79 Å². The molecule has 2 aromatic rings. The van der Waals surface area contributed by atoms with E-state index >= 15 is 0 Å². The SMILES string of the molecule is CC1CN(C(=O)Oc2ccccc2)c2ccccc2O1. The zero-order valence-corrected chi connectivity index (χ0v) is 11.2. The van der Waals surface area contributed by atoms with Crippen molar-refractivity contribution >= 4 is 11.8 Å². The number of carbonyl (C=O) groups excluding carboxylic acids is 1. The molecule has 1 aliphatic heterocycles. The number of fused-ring (bicyclic) bond motifs is 1. The highest BCUT2D eigenvalue weighted by Crippen LogP contribution is 2.33. The predicted molar refractivity (Wildman–Crippen MR) is 76.3 cm³/mol. The first kappa shape index (κ1) is 12.5. The third-order valence-corrected chi connectivity index (χ3v) is 3.09. The van der Waals surface area contributed by atoms with Crippen molar-refractivity contribution in [3.8, 4) is 11.5 Å². The minimum Gasteiger partial charge on any atom is -0.487 e. The smallest absolute Gasteiger partial charge is 0.420 e. The Labute approximate surface area is 117 Å². The molecule has 0 aliphatic carbocycles. The maximum Gasteiger partial charge on any atom is 0.420 e. The van der Waals surface area contributed by atoms with Crippen molar-refractivity contribution in [2.75, 3.05) is 11.4 Å². The van der Waals surface area contributed by atoms with E-state index in [1.807, 2.05) is 49.4 Å². The number of hydrogen-bond donors (Lipinski definition) is 0. The standard InChI is InChI=1S/C16H15NO3/c1-12-11-17(14-9-5-6-10-15(14)19-12)16(18)20-13-7-3-2-4-8-13/h2-10,12H,11H2,1H3. The highest BCUT2D eigenvalue weighted by molar-refractivity contribution is 5.91. The van der Waals surface area contributed by atoms with Crippen LogP contribution in [0.5, 0.6) is 11.5 Å². The van der Waals surface area contributed by atoms with Crippen LogP contribution in [0.1, 0.15) is 6.92 Å². The van der Waals surface area contributed by atoms with Crippen molar-refractivity contribution in [1.29, 1.82) is 0 Å². The number of hydrogen-bond acceptors (Lipinski definition) is 3. The minimum atomic E-state index is -0.390. The van der Waals surface area contributed by atoms with Gasteiger partial charge in [0, 0.05) is 0 Å². The molecular weight excluding hydrogens is 254 g/mol. The van der Waals surface area contributed by atoms with Gasteiger partial charge in [-0.3, -0.25) is 4.90 Å². The molecule has 4 nitrogen and oxygen atoms in total. The first-order valence-electron chi connectivity index (χ1n) is 6.54. The molecule has 0 spiro atoms. The summed E-state index contributed by atoms with van der Waals surface area (Å²) in [5.41, 5.74) is 0.742.